The lowest BCUT2D eigenvalue weighted by molar-refractivity contribution is -0.140. The average molecular weight is 462 g/mol. The second-order valence-corrected chi connectivity index (χ2v) is 9.81. The van der Waals surface area contributed by atoms with Crippen LogP contribution in [0, 0.1) is 11.3 Å². The highest BCUT2D eigenvalue weighted by atomic mass is 16.5. The van der Waals surface area contributed by atoms with Crippen LogP contribution in [0.3, 0.4) is 0 Å². The molecule has 1 aromatic rings. The van der Waals surface area contributed by atoms with E-state index in [0.717, 1.165) is 6.42 Å². The van der Waals surface area contributed by atoms with E-state index in [0.29, 0.717) is 30.9 Å². The predicted octanol–water partition coefficient (Wildman–Crippen LogP) is 1.32. The van der Waals surface area contributed by atoms with Crippen molar-refractivity contribution in [3.05, 3.63) is 23.8 Å². The normalized spacial score (nSPS) is 18.4. The smallest absolute Gasteiger partial charge is 0.407 e. The van der Waals surface area contributed by atoms with Crippen LogP contribution in [0.25, 0.3) is 0 Å². The Hall–Kier alpha value is -3.04. The standard InChI is InChI=1S/C23H35N5O5/c1-14(2)18(28-22(32)33-13-23(3,4)5)20(30)27-16-12-15-9-11-24-17(26-15)8-6-7-10-25-21(31)19(16)29/h9,11,14,16,18H,6-8,10,12-13H2,1-5H3,(H,25,31)(H,27,30)(H,28,32). The van der Waals surface area contributed by atoms with Crippen molar-refractivity contribution in [3.8, 4) is 0 Å². The van der Waals surface area contributed by atoms with Gasteiger partial charge in [-0.05, 0) is 30.2 Å². The molecule has 3 amide bonds. The Kier molecular flexibility index (Phi) is 9.31. The van der Waals surface area contributed by atoms with Crippen LogP contribution < -0.4 is 16.0 Å². The van der Waals surface area contributed by atoms with Gasteiger partial charge in [-0.1, -0.05) is 34.6 Å². The fraction of sp³-hybridized carbons (Fsp3) is 0.652. The topological polar surface area (TPSA) is 139 Å². The van der Waals surface area contributed by atoms with Gasteiger partial charge < -0.3 is 20.7 Å². The van der Waals surface area contributed by atoms with Crippen LogP contribution >= 0.6 is 0 Å². The van der Waals surface area contributed by atoms with Crippen molar-refractivity contribution in [2.75, 3.05) is 13.2 Å². The molecule has 0 aliphatic carbocycles. The van der Waals surface area contributed by atoms with Gasteiger partial charge >= 0.3 is 6.09 Å². The number of nitrogens with one attached hydrogen (secondary N) is 3. The van der Waals surface area contributed by atoms with Gasteiger partial charge in [0.1, 0.15) is 17.9 Å². The lowest BCUT2D eigenvalue weighted by atomic mass is 9.99. The number of nitrogens with zero attached hydrogens (tertiary/aromatic N) is 2. The Labute approximate surface area is 194 Å². The molecule has 0 spiro atoms. The molecule has 2 rings (SSSR count). The van der Waals surface area contributed by atoms with E-state index in [2.05, 4.69) is 25.9 Å². The Morgan fingerprint density at radius 3 is 2.64 bits per heavy atom. The fourth-order valence-corrected chi connectivity index (χ4v) is 3.20. The van der Waals surface area contributed by atoms with Crippen molar-refractivity contribution < 1.29 is 23.9 Å². The number of ketones is 1. The minimum atomic E-state index is -1.13. The fourth-order valence-electron chi connectivity index (χ4n) is 3.20. The third-order valence-electron chi connectivity index (χ3n) is 5.00. The molecular weight excluding hydrogens is 426 g/mol. The maximum Gasteiger partial charge on any atom is 0.407 e. The minimum absolute atomic E-state index is 0.0345. The molecule has 0 fully saturated rings. The third kappa shape index (κ3) is 8.78. The van der Waals surface area contributed by atoms with E-state index in [1.807, 2.05) is 20.8 Å². The molecule has 0 saturated carbocycles. The predicted molar refractivity (Wildman–Crippen MR) is 121 cm³/mol. The van der Waals surface area contributed by atoms with E-state index in [9.17, 15) is 19.2 Å². The first-order valence-electron chi connectivity index (χ1n) is 11.3. The molecule has 3 N–H and O–H groups in total. The number of aryl methyl sites for hydroxylation is 1. The Morgan fingerprint density at radius 2 is 1.97 bits per heavy atom. The van der Waals surface area contributed by atoms with Crippen LogP contribution in [0.2, 0.25) is 0 Å². The number of amides is 3. The first-order chi connectivity index (χ1) is 15.5. The highest BCUT2D eigenvalue weighted by molar-refractivity contribution is 6.38. The van der Waals surface area contributed by atoms with Gasteiger partial charge in [-0.3, -0.25) is 14.4 Å². The Bertz CT molecular complexity index is 865. The van der Waals surface area contributed by atoms with Crippen molar-refractivity contribution in [2.45, 2.75) is 72.4 Å². The number of carbonyl (C=O) groups excluding carboxylic acids is 4. The van der Waals surface area contributed by atoms with Crippen LogP contribution in [0.4, 0.5) is 4.79 Å². The molecule has 182 valence electrons. The number of hydrogen-bond donors (Lipinski definition) is 3. The van der Waals surface area contributed by atoms with Crippen molar-refractivity contribution in [1.29, 1.82) is 0 Å². The number of alkyl carbamates (subject to hydrolysis) is 1. The van der Waals surface area contributed by atoms with E-state index in [4.69, 9.17) is 4.74 Å². The first kappa shape index (κ1) is 26.2. The van der Waals surface area contributed by atoms with E-state index < -0.39 is 35.8 Å². The quantitative estimate of drug-likeness (QED) is 0.562. The molecule has 0 aromatic carbocycles. The number of aromatic nitrogens is 2. The monoisotopic (exact) mass is 461 g/mol. The van der Waals surface area contributed by atoms with Gasteiger partial charge in [0.2, 0.25) is 11.7 Å². The molecule has 2 unspecified atom stereocenters. The zero-order valence-corrected chi connectivity index (χ0v) is 20.1. The molecule has 1 aromatic heterocycles. The summed E-state index contributed by atoms with van der Waals surface area (Å²) in [6.07, 6.45) is 3.04. The van der Waals surface area contributed by atoms with E-state index in [1.165, 1.54) is 0 Å². The van der Waals surface area contributed by atoms with Crippen LogP contribution in [-0.2, 0) is 32.0 Å². The van der Waals surface area contributed by atoms with Crippen molar-refractivity contribution in [3.63, 3.8) is 0 Å². The largest absolute Gasteiger partial charge is 0.449 e. The van der Waals surface area contributed by atoms with Gasteiger partial charge in [0.15, 0.2) is 0 Å². The molecule has 0 saturated heterocycles. The lowest BCUT2D eigenvalue weighted by Crippen LogP contribution is -2.56. The second kappa shape index (κ2) is 11.7. The van der Waals surface area contributed by atoms with Gasteiger partial charge in [0, 0.05) is 31.3 Å². The van der Waals surface area contributed by atoms with Crippen LogP contribution in [0.5, 0.6) is 0 Å². The minimum Gasteiger partial charge on any atom is -0.449 e. The number of Topliss-reactive ketones (excluding diaryl/α,β-unsaturated/α-hetero) is 1. The Morgan fingerprint density at radius 1 is 1.24 bits per heavy atom. The summed E-state index contributed by atoms with van der Waals surface area (Å²) >= 11 is 0. The third-order valence-corrected chi connectivity index (χ3v) is 5.00. The maximum atomic E-state index is 13.0. The molecule has 2 atom stereocenters. The highest BCUT2D eigenvalue weighted by Gasteiger charge is 2.32. The van der Waals surface area contributed by atoms with Gasteiger partial charge in [0.25, 0.3) is 5.91 Å². The van der Waals surface area contributed by atoms with E-state index in [-0.39, 0.29) is 24.4 Å². The number of carbonyl (C=O) groups is 4. The van der Waals surface area contributed by atoms with E-state index >= 15 is 0 Å². The lowest BCUT2D eigenvalue weighted by Gasteiger charge is -2.25. The van der Waals surface area contributed by atoms with Crippen molar-refractivity contribution in [1.82, 2.24) is 25.9 Å². The molecule has 10 nitrogen and oxygen atoms in total. The van der Waals surface area contributed by atoms with Gasteiger partial charge in [-0.2, -0.15) is 0 Å². The average Bonchev–Trinajstić information content (AvgIpc) is 2.73. The van der Waals surface area contributed by atoms with Crippen molar-refractivity contribution in [2.24, 2.45) is 11.3 Å². The van der Waals surface area contributed by atoms with Crippen LogP contribution in [0.15, 0.2) is 12.3 Å². The molecule has 33 heavy (non-hydrogen) atoms. The summed E-state index contributed by atoms with van der Waals surface area (Å²) in [5.41, 5.74) is 0.321. The van der Waals surface area contributed by atoms with E-state index in [1.54, 1.807) is 26.1 Å². The molecular formula is C23H35N5O5. The van der Waals surface area contributed by atoms with Gasteiger partial charge in [-0.25, -0.2) is 14.8 Å². The first-order valence-corrected chi connectivity index (χ1v) is 11.3. The summed E-state index contributed by atoms with van der Waals surface area (Å²) in [5, 5.41) is 7.81. The molecule has 2 heterocycles. The summed E-state index contributed by atoms with van der Waals surface area (Å²) in [5.74, 6) is -1.73. The molecule has 1 aliphatic rings. The number of rotatable bonds is 5. The van der Waals surface area contributed by atoms with Crippen LogP contribution in [0.1, 0.15) is 59.0 Å². The zero-order valence-electron chi connectivity index (χ0n) is 20.1. The summed E-state index contributed by atoms with van der Waals surface area (Å²) in [4.78, 5) is 59.2. The maximum absolute atomic E-state index is 13.0. The van der Waals surface area contributed by atoms with Gasteiger partial charge in [0.05, 0.1) is 6.61 Å². The van der Waals surface area contributed by atoms with Crippen LogP contribution in [-0.4, -0.2) is 58.9 Å². The summed E-state index contributed by atoms with van der Waals surface area (Å²) < 4.78 is 5.21. The zero-order chi connectivity index (χ0) is 24.6. The number of ether oxygens (including phenoxy) is 1. The highest BCUT2D eigenvalue weighted by Crippen LogP contribution is 2.13. The SMILES string of the molecule is CC(C)C(NC(=O)OCC(C)(C)C)C(=O)NC1Cc2ccnc(n2)CCCCNC(=O)C1=O. The number of fused-ring (bicyclic) bond motifs is 2. The van der Waals surface area contributed by atoms with Crippen molar-refractivity contribution >= 4 is 23.7 Å². The molecule has 0 radical (unpaired) electrons. The Balaban J connectivity index is 2.17. The molecule has 2 bridgehead atoms. The summed E-state index contributed by atoms with van der Waals surface area (Å²) in [7, 11) is 0. The molecule has 10 heteroatoms. The summed E-state index contributed by atoms with van der Waals surface area (Å²) in [6.45, 7) is 9.83. The number of hydrogen-bond acceptors (Lipinski definition) is 7. The second-order valence-electron chi connectivity index (χ2n) is 9.81. The van der Waals surface area contributed by atoms with Gasteiger partial charge in [-0.15, -0.1) is 0 Å². The molecule has 1 aliphatic heterocycles. The summed E-state index contributed by atoms with van der Waals surface area (Å²) in [6, 6.07) is -0.425.